The smallest absolute Gasteiger partial charge is 0.251 e. The van der Waals surface area contributed by atoms with Crippen molar-refractivity contribution in [3.63, 3.8) is 0 Å². The van der Waals surface area contributed by atoms with E-state index in [1.54, 1.807) is 26.8 Å². The molecular formula is C15H23NO3. The molecule has 0 aliphatic heterocycles. The molecule has 0 spiro atoms. The lowest BCUT2D eigenvalue weighted by molar-refractivity contribution is 0.0409. The van der Waals surface area contributed by atoms with Crippen LogP contribution in [0.5, 0.6) is 5.75 Å². The van der Waals surface area contributed by atoms with Gasteiger partial charge in [-0.3, -0.25) is 4.79 Å². The topological polar surface area (TPSA) is 69.6 Å². The van der Waals surface area contributed by atoms with Gasteiger partial charge in [0, 0.05) is 5.56 Å². The maximum absolute atomic E-state index is 11.7. The van der Waals surface area contributed by atoms with E-state index in [2.05, 4.69) is 11.9 Å². The van der Waals surface area contributed by atoms with Crippen molar-refractivity contribution >= 4 is 5.91 Å². The Labute approximate surface area is 114 Å². The van der Waals surface area contributed by atoms with Crippen LogP contribution in [0.15, 0.2) is 36.9 Å². The number of allylic oxidation sites excluding steroid dienone is 1. The van der Waals surface area contributed by atoms with E-state index >= 15 is 0 Å². The predicted octanol–water partition coefficient (Wildman–Crippen LogP) is 2.47. The lowest BCUT2D eigenvalue weighted by atomic mass is 10.0. The molecule has 0 aliphatic rings. The maximum Gasteiger partial charge on any atom is 0.251 e. The number of phenolic OH excluding ortho intramolecular Hbond substituents is 1. The SMILES string of the molecule is C=CC.CC(NC(=O)c1ccc(O)cc1)C(C)(C)O. The Bertz CT molecular complexity index is 404. The number of carbonyl (C=O) groups excluding carboxylic acids is 1. The summed E-state index contributed by atoms with van der Waals surface area (Å²) in [6.45, 7) is 10.3. The Morgan fingerprint density at radius 2 is 1.79 bits per heavy atom. The van der Waals surface area contributed by atoms with Gasteiger partial charge in [-0.1, -0.05) is 6.08 Å². The summed E-state index contributed by atoms with van der Waals surface area (Å²) in [5, 5.41) is 21.4. The monoisotopic (exact) mass is 265 g/mol. The summed E-state index contributed by atoms with van der Waals surface area (Å²) in [6.07, 6.45) is 1.75. The zero-order valence-corrected chi connectivity index (χ0v) is 12.0. The van der Waals surface area contributed by atoms with Crippen molar-refractivity contribution in [2.45, 2.75) is 39.3 Å². The van der Waals surface area contributed by atoms with Gasteiger partial charge < -0.3 is 15.5 Å². The van der Waals surface area contributed by atoms with E-state index in [1.807, 2.05) is 6.92 Å². The molecule has 1 rings (SSSR count). The number of nitrogens with one attached hydrogen (secondary N) is 1. The molecule has 1 amide bonds. The van der Waals surface area contributed by atoms with Crippen LogP contribution in [0, 0.1) is 0 Å². The van der Waals surface area contributed by atoms with Gasteiger partial charge in [0.05, 0.1) is 11.6 Å². The van der Waals surface area contributed by atoms with E-state index < -0.39 is 5.60 Å². The molecule has 0 fully saturated rings. The molecule has 106 valence electrons. The van der Waals surface area contributed by atoms with Crippen LogP contribution < -0.4 is 5.32 Å². The van der Waals surface area contributed by atoms with E-state index in [0.29, 0.717) is 5.56 Å². The highest BCUT2D eigenvalue weighted by molar-refractivity contribution is 5.94. The second-order valence-electron chi connectivity index (χ2n) is 4.80. The van der Waals surface area contributed by atoms with Gasteiger partial charge >= 0.3 is 0 Å². The van der Waals surface area contributed by atoms with E-state index in [4.69, 9.17) is 5.11 Å². The second-order valence-corrected chi connectivity index (χ2v) is 4.80. The third kappa shape index (κ3) is 6.62. The molecule has 4 nitrogen and oxygen atoms in total. The Kier molecular flexibility index (Phi) is 6.86. The van der Waals surface area contributed by atoms with Crippen LogP contribution in [0.2, 0.25) is 0 Å². The average molecular weight is 265 g/mol. The largest absolute Gasteiger partial charge is 0.508 e. The van der Waals surface area contributed by atoms with Gasteiger partial charge in [0.2, 0.25) is 0 Å². The molecule has 0 bridgehead atoms. The van der Waals surface area contributed by atoms with Crippen LogP contribution in [0.25, 0.3) is 0 Å². The highest BCUT2D eigenvalue weighted by Crippen LogP contribution is 2.11. The third-order valence-corrected chi connectivity index (χ3v) is 2.54. The van der Waals surface area contributed by atoms with E-state index in [0.717, 1.165) is 0 Å². The molecule has 1 unspecified atom stereocenters. The summed E-state index contributed by atoms with van der Waals surface area (Å²) < 4.78 is 0. The van der Waals surface area contributed by atoms with E-state index in [9.17, 15) is 9.90 Å². The first-order valence-corrected chi connectivity index (χ1v) is 6.11. The average Bonchev–Trinajstić information content (AvgIpc) is 2.29. The lowest BCUT2D eigenvalue weighted by Crippen LogP contribution is -2.47. The summed E-state index contributed by atoms with van der Waals surface area (Å²) in [7, 11) is 0. The van der Waals surface area contributed by atoms with Gasteiger partial charge in [0.25, 0.3) is 5.91 Å². The van der Waals surface area contributed by atoms with Crippen molar-refractivity contribution in [1.29, 1.82) is 0 Å². The zero-order valence-electron chi connectivity index (χ0n) is 12.0. The molecule has 0 aromatic heterocycles. The first kappa shape index (κ1) is 17.2. The molecule has 1 atom stereocenters. The van der Waals surface area contributed by atoms with Gasteiger partial charge in [0.1, 0.15) is 5.75 Å². The zero-order chi connectivity index (χ0) is 15.1. The van der Waals surface area contributed by atoms with Crippen molar-refractivity contribution in [3.05, 3.63) is 42.5 Å². The molecule has 1 aromatic carbocycles. The van der Waals surface area contributed by atoms with Crippen molar-refractivity contribution in [2.24, 2.45) is 0 Å². The fourth-order valence-corrected chi connectivity index (χ4v) is 1.07. The molecule has 0 aliphatic carbocycles. The van der Waals surface area contributed by atoms with Crippen LogP contribution >= 0.6 is 0 Å². The Morgan fingerprint density at radius 1 is 1.37 bits per heavy atom. The van der Waals surface area contributed by atoms with Gasteiger partial charge in [-0.25, -0.2) is 0 Å². The second kappa shape index (κ2) is 7.59. The van der Waals surface area contributed by atoms with Crippen molar-refractivity contribution < 1.29 is 15.0 Å². The number of hydrogen-bond acceptors (Lipinski definition) is 3. The Hall–Kier alpha value is -1.81. The van der Waals surface area contributed by atoms with Crippen LogP contribution in [0.3, 0.4) is 0 Å². The van der Waals surface area contributed by atoms with E-state index in [1.165, 1.54) is 24.3 Å². The number of amides is 1. The van der Waals surface area contributed by atoms with Gasteiger partial charge in [0.15, 0.2) is 0 Å². The molecule has 0 saturated heterocycles. The number of benzene rings is 1. The van der Waals surface area contributed by atoms with Crippen LogP contribution in [0.1, 0.15) is 38.1 Å². The number of carbonyl (C=O) groups is 1. The van der Waals surface area contributed by atoms with Crippen molar-refractivity contribution in [3.8, 4) is 5.75 Å². The summed E-state index contributed by atoms with van der Waals surface area (Å²) >= 11 is 0. The standard InChI is InChI=1S/C12H17NO3.C3H6/c1-8(12(2,3)16)13-11(15)9-4-6-10(14)7-5-9;1-3-2/h4-8,14,16H,1-3H3,(H,13,15);3H,1H2,2H3. The quantitative estimate of drug-likeness (QED) is 0.735. The fourth-order valence-electron chi connectivity index (χ4n) is 1.07. The van der Waals surface area contributed by atoms with Crippen LogP contribution in [0.4, 0.5) is 0 Å². The van der Waals surface area contributed by atoms with Crippen molar-refractivity contribution in [2.75, 3.05) is 0 Å². The maximum atomic E-state index is 11.7. The summed E-state index contributed by atoms with van der Waals surface area (Å²) in [5.74, 6) is -0.151. The lowest BCUT2D eigenvalue weighted by Gasteiger charge is -2.26. The number of hydrogen-bond donors (Lipinski definition) is 3. The summed E-state index contributed by atoms with van der Waals surface area (Å²) in [6, 6.07) is 5.60. The number of rotatable bonds is 3. The summed E-state index contributed by atoms with van der Waals surface area (Å²) in [5.41, 5.74) is -0.513. The van der Waals surface area contributed by atoms with Gasteiger partial charge in [-0.05, 0) is 52.0 Å². The molecule has 1 aromatic rings. The minimum Gasteiger partial charge on any atom is -0.508 e. The highest BCUT2D eigenvalue weighted by Gasteiger charge is 2.24. The Morgan fingerprint density at radius 3 is 2.16 bits per heavy atom. The normalized spacial score (nSPS) is 11.8. The highest BCUT2D eigenvalue weighted by atomic mass is 16.3. The molecular weight excluding hydrogens is 242 g/mol. The Balaban J connectivity index is 0.000000982. The molecule has 0 saturated carbocycles. The molecule has 19 heavy (non-hydrogen) atoms. The minimum absolute atomic E-state index is 0.118. The number of aliphatic hydroxyl groups is 1. The van der Waals surface area contributed by atoms with Gasteiger partial charge in [-0.15, -0.1) is 6.58 Å². The van der Waals surface area contributed by atoms with Crippen LogP contribution in [-0.2, 0) is 0 Å². The molecule has 4 heteroatoms. The number of aromatic hydroxyl groups is 1. The first-order valence-electron chi connectivity index (χ1n) is 6.11. The van der Waals surface area contributed by atoms with Crippen LogP contribution in [-0.4, -0.2) is 27.8 Å². The predicted molar refractivity (Wildman–Crippen MR) is 77.2 cm³/mol. The van der Waals surface area contributed by atoms with Crippen molar-refractivity contribution in [1.82, 2.24) is 5.32 Å². The molecule has 0 radical (unpaired) electrons. The molecule has 3 N–H and O–H groups in total. The summed E-state index contributed by atoms with van der Waals surface area (Å²) in [4.78, 5) is 11.7. The third-order valence-electron chi connectivity index (χ3n) is 2.54. The number of phenols is 1. The first-order chi connectivity index (χ1) is 8.72. The fraction of sp³-hybridized carbons (Fsp3) is 0.400. The molecule has 0 heterocycles. The van der Waals surface area contributed by atoms with Gasteiger partial charge in [-0.2, -0.15) is 0 Å². The minimum atomic E-state index is -0.966. The van der Waals surface area contributed by atoms with E-state index in [-0.39, 0.29) is 17.7 Å².